The number of nitrogens with zero attached hydrogens (tertiary/aromatic N) is 1. The number of nitrogens with one attached hydrogen (secondary N) is 2. The zero-order valence-corrected chi connectivity index (χ0v) is 8.90. The van der Waals surface area contributed by atoms with Gasteiger partial charge in [0, 0.05) is 24.5 Å². The fraction of sp³-hybridized carbons (Fsp3) is 0.300. The molecule has 1 amide bonds. The van der Waals surface area contributed by atoms with Crippen molar-refractivity contribution < 1.29 is 14.3 Å². The van der Waals surface area contributed by atoms with E-state index in [4.69, 9.17) is 0 Å². The number of pyridine rings is 1. The Hall–Kier alpha value is -1.95. The Labute approximate surface area is 93.0 Å². The number of hydrogen-bond donors (Lipinski definition) is 2. The lowest BCUT2D eigenvalue weighted by Gasteiger charge is -2.05. The number of aromatic nitrogens is 1. The summed E-state index contributed by atoms with van der Waals surface area (Å²) in [7, 11) is 1.32. The zero-order chi connectivity index (χ0) is 11.8. The first-order valence-electron chi connectivity index (χ1n) is 4.74. The highest BCUT2D eigenvalue weighted by atomic mass is 16.5. The van der Waals surface area contributed by atoms with Crippen molar-refractivity contribution in [3.05, 3.63) is 30.1 Å². The number of rotatable bonds is 5. The standard InChI is InChI=1S/C10H13N3O3/c1-16-9(14)4-7-12-13-10(15)8-2-5-11-6-3-8/h2-3,5-6,12H,4,7H2,1H3,(H,13,15). The Bertz CT molecular complexity index is 354. The Morgan fingerprint density at radius 2 is 2.06 bits per heavy atom. The van der Waals surface area contributed by atoms with E-state index >= 15 is 0 Å². The lowest BCUT2D eigenvalue weighted by molar-refractivity contribution is -0.140. The average Bonchev–Trinajstić information content (AvgIpc) is 2.35. The average molecular weight is 223 g/mol. The first kappa shape index (κ1) is 12.1. The molecule has 1 aromatic rings. The number of carbonyl (C=O) groups is 2. The van der Waals surface area contributed by atoms with Gasteiger partial charge >= 0.3 is 5.97 Å². The van der Waals surface area contributed by atoms with Crippen LogP contribution in [0.2, 0.25) is 0 Å². The summed E-state index contributed by atoms with van der Waals surface area (Å²) in [6.45, 7) is 0.323. The van der Waals surface area contributed by atoms with E-state index in [1.54, 1.807) is 12.1 Å². The maximum absolute atomic E-state index is 11.4. The summed E-state index contributed by atoms with van der Waals surface area (Å²) >= 11 is 0. The topological polar surface area (TPSA) is 80.3 Å². The molecule has 0 bridgehead atoms. The molecule has 86 valence electrons. The molecule has 0 saturated carbocycles. The van der Waals surface area contributed by atoms with Crippen molar-refractivity contribution in [1.82, 2.24) is 15.8 Å². The van der Waals surface area contributed by atoms with Crippen molar-refractivity contribution >= 4 is 11.9 Å². The highest BCUT2D eigenvalue weighted by molar-refractivity contribution is 5.93. The molecule has 0 atom stereocenters. The minimum absolute atomic E-state index is 0.202. The molecule has 1 heterocycles. The smallest absolute Gasteiger partial charge is 0.306 e. The van der Waals surface area contributed by atoms with Gasteiger partial charge in [-0.1, -0.05) is 0 Å². The first-order chi connectivity index (χ1) is 7.74. The first-order valence-corrected chi connectivity index (χ1v) is 4.74. The summed E-state index contributed by atoms with van der Waals surface area (Å²) < 4.78 is 4.44. The molecule has 0 fully saturated rings. The molecule has 0 radical (unpaired) electrons. The summed E-state index contributed by atoms with van der Waals surface area (Å²) in [4.78, 5) is 26.0. The number of carbonyl (C=O) groups excluding carboxylic acids is 2. The van der Waals surface area contributed by atoms with Gasteiger partial charge in [0.2, 0.25) is 0 Å². The molecule has 0 spiro atoms. The van der Waals surface area contributed by atoms with E-state index in [1.165, 1.54) is 19.5 Å². The Kier molecular flexibility index (Phi) is 4.94. The summed E-state index contributed by atoms with van der Waals surface area (Å²) in [5.41, 5.74) is 5.58. The molecular weight excluding hydrogens is 210 g/mol. The molecule has 0 aromatic carbocycles. The SMILES string of the molecule is COC(=O)CCNNC(=O)c1ccncc1. The van der Waals surface area contributed by atoms with E-state index in [1.807, 2.05) is 0 Å². The molecule has 0 unspecified atom stereocenters. The largest absolute Gasteiger partial charge is 0.469 e. The van der Waals surface area contributed by atoms with E-state index < -0.39 is 0 Å². The van der Waals surface area contributed by atoms with E-state index in [0.29, 0.717) is 12.1 Å². The molecule has 0 aliphatic heterocycles. The van der Waals surface area contributed by atoms with E-state index in [9.17, 15) is 9.59 Å². The molecular formula is C10H13N3O3. The second-order valence-corrected chi connectivity index (χ2v) is 2.94. The summed E-state index contributed by atoms with van der Waals surface area (Å²) in [5.74, 6) is -0.599. The Morgan fingerprint density at radius 1 is 1.38 bits per heavy atom. The molecule has 1 rings (SSSR count). The van der Waals surface area contributed by atoms with Crippen LogP contribution in [0.5, 0.6) is 0 Å². The van der Waals surface area contributed by atoms with Crippen LogP contribution in [0.4, 0.5) is 0 Å². The van der Waals surface area contributed by atoms with Crippen LogP contribution < -0.4 is 10.9 Å². The maximum Gasteiger partial charge on any atom is 0.306 e. The summed E-state index contributed by atoms with van der Waals surface area (Å²) in [6, 6.07) is 3.19. The highest BCUT2D eigenvalue weighted by Gasteiger charge is 2.04. The molecule has 1 aromatic heterocycles. The van der Waals surface area contributed by atoms with E-state index in [2.05, 4.69) is 20.6 Å². The van der Waals surface area contributed by atoms with Crippen molar-refractivity contribution in [3.63, 3.8) is 0 Å². The van der Waals surface area contributed by atoms with Crippen molar-refractivity contribution in [2.24, 2.45) is 0 Å². The fourth-order valence-corrected chi connectivity index (χ4v) is 0.985. The second-order valence-electron chi connectivity index (χ2n) is 2.94. The zero-order valence-electron chi connectivity index (χ0n) is 8.90. The molecule has 16 heavy (non-hydrogen) atoms. The monoisotopic (exact) mass is 223 g/mol. The van der Waals surface area contributed by atoms with Gasteiger partial charge in [-0.25, -0.2) is 5.43 Å². The minimum atomic E-state index is -0.328. The van der Waals surface area contributed by atoms with Crippen LogP contribution in [0.15, 0.2) is 24.5 Å². The third kappa shape index (κ3) is 4.05. The predicted octanol–water partition coefficient (Wildman–Crippen LogP) is -0.121. The van der Waals surface area contributed by atoms with Gasteiger partial charge < -0.3 is 4.74 Å². The normalized spacial score (nSPS) is 9.56. The molecule has 0 aliphatic carbocycles. The number of hydrogen-bond acceptors (Lipinski definition) is 5. The van der Waals surface area contributed by atoms with Crippen molar-refractivity contribution in [2.45, 2.75) is 6.42 Å². The van der Waals surface area contributed by atoms with Crippen LogP contribution >= 0.6 is 0 Å². The molecule has 6 nitrogen and oxygen atoms in total. The van der Waals surface area contributed by atoms with Crippen LogP contribution in [-0.4, -0.2) is 30.5 Å². The minimum Gasteiger partial charge on any atom is -0.469 e. The molecule has 0 aliphatic rings. The van der Waals surface area contributed by atoms with Crippen molar-refractivity contribution in [1.29, 1.82) is 0 Å². The third-order valence-electron chi connectivity index (χ3n) is 1.83. The van der Waals surface area contributed by atoms with Gasteiger partial charge in [0.25, 0.3) is 5.91 Å². The third-order valence-corrected chi connectivity index (χ3v) is 1.83. The maximum atomic E-state index is 11.4. The van der Waals surface area contributed by atoms with Crippen LogP contribution in [0, 0.1) is 0 Å². The summed E-state index contributed by atoms with van der Waals surface area (Å²) in [5, 5.41) is 0. The highest BCUT2D eigenvalue weighted by Crippen LogP contribution is 1.94. The second kappa shape index (κ2) is 6.52. The lowest BCUT2D eigenvalue weighted by Crippen LogP contribution is -2.38. The fourth-order valence-electron chi connectivity index (χ4n) is 0.985. The van der Waals surface area contributed by atoms with Crippen molar-refractivity contribution in [3.8, 4) is 0 Å². The van der Waals surface area contributed by atoms with Gasteiger partial charge in [-0.2, -0.15) is 0 Å². The molecule has 6 heteroatoms. The van der Waals surface area contributed by atoms with Crippen LogP contribution in [-0.2, 0) is 9.53 Å². The summed E-state index contributed by atoms with van der Waals surface area (Å²) in [6.07, 6.45) is 3.26. The predicted molar refractivity (Wildman–Crippen MR) is 56.3 cm³/mol. The molecule has 2 N–H and O–H groups in total. The number of ether oxygens (including phenoxy) is 1. The molecule has 0 saturated heterocycles. The van der Waals surface area contributed by atoms with E-state index in [0.717, 1.165) is 0 Å². The number of esters is 1. The Morgan fingerprint density at radius 3 is 2.69 bits per heavy atom. The van der Waals surface area contributed by atoms with Gasteiger partial charge in [0.05, 0.1) is 13.5 Å². The number of methoxy groups -OCH3 is 1. The van der Waals surface area contributed by atoms with Gasteiger partial charge in [-0.3, -0.25) is 20.0 Å². The van der Waals surface area contributed by atoms with Crippen LogP contribution in [0.25, 0.3) is 0 Å². The number of hydrazine groups is 1. The van der Waals surface area contributed by atoms with E-state index in [-0.39, 0.29) is 18.3 Å². The van der Waals surface area contributed by atoms with Gasteiger partial charge in [-0.05, 0) is 12.1 Å². The van der Waals surface area contributed by atoms with Crippen LogP contribution in [0.3, 0.4) is 0 Å². The van der Waals surface area contributed by atoms with Gasteiger partial charge in [-0.15, -0.1) is 0 Å². The number of amides is 1. The van der Waals surface area contributed by atoms with Gasteiger partial charge in [0.15, 0.2) is 0 Å². The van der Waals surface area contributed by atoms with Crippen molar-refractivity contribution in [2.75, 3.05) is 13.7 Å². The van der Waals surface area contributed by atoms with Gasteiger partial charge in [0.1, 0.15) is 0 Å². The lowest BCUT2D eigenvalue weighted by atomic mass is 10.3. The van der Waals surface area contributed by atoms with Crippen LogP contribution in [0.1, 0.15) is 16.8 Å². The quantitative estimate of drug-likeness (QED) is 0.413. The Balaban J connectivity index is 2.24.